The fraction of sp³-hybridized carbons (Fsp3) is 0.667. The van der Waals surface area contributed by atoms with E-state index in [0.29, 0.717) is 18.5 Å². The molecular formula is C18H31FN2. The first-order chi connectivity index (χ1) is 10.0. The monoisotopic (exact) mass is 294 g/mol. The zero-order valence-electron chi connectivity index (χ0n) is 14.2. The number of rotatable bonds is 9. The predicted octanol–water partition coefficient (Wildman–Crippen LogP) is 4.19. The molecule has 3 heteroatoms. The van der Waals surface area contributed by atoms with Gasteiger partial charge in [-0.25, -0.2) is 4.39 Å². The van der Waals surface area contributed by atoms with E-state index in [1.165, 1.54) is 0 Å². The number of nitrogens with zero attached hydrogens (tertiary/aromatic N) is 1. The van der Waals surface area contributed by atoms with Gasteiger partial charge in [-0.3, -0.25) is 4.90 Å². The normalized spacial score (nSPS) is 11.9. The van der Waals surface area contributed by atoms with Crippen LogP contribution in [0.3, 0.4) is 0 Å². The van der Waals surface area contributed by atoms with Gasteiger partial charge in [0, 0.05) is 31.2 Å². The van der Waals surface area contributed by atoms with Gasteiger partial charge in [-0.15, -0.1) is 0 Å². The molecule has 0 aromatic heterocycles. The van der Waals surface area contributed by atoms with Crippen LogP contribution in [0.2, 0.25) is 0 Å². The number of nitrogens with one attached hydrogen (secondary N) is 1. The first-order valence-electron chi connectivity index (χ1n) is 8.17. The van der Waals surface area contributed by atoms with Crippen molar-refractivity contribution in [2.24, 2.45) is 5.92 Å². The molecule has 0 atom stereocenters. The third-order valence-electron chi connectivity index (χ3n) is 3.92. The molecule has 0 spiro atoms. The molecule has 21 heavy (non-hydrogen) atoms. The van der Waals surface area contributed by atoms with Gasteiger partial charge in [0.25, 0.3) is 0 Å². The summed E-state index contributed by atoms with van der Waals surface area (Å²) >= 11 is 0. The Morgan fingerprint density at radius 3 is 2.38 bits per heavy atom. The maximum atomic E-state index is 14.1. The number of halogens is 1. The quantitative estimate of drug-likeness (QED) is 0.734. The van der Waals surface area contributed by atoms with Crippen LogP contribution in [-0.4, -0.2) is 24.5 Å². The Morgan fingerprint density at radius 2 is 1.86 bits per heavy atom. The lowest BCUT2D eigenvalue weighted by Crippen LogP contribution is -2.37. The molecule has 0 radical (unpaired) electrons. The summed E-state index contributed by atoms with van der Waals surface area (Å²) in [6.45, 7) is 11.4. The van der Waals surface area contributed by atoms with Crippen LogP contribution in [0.25, 0.3) is 0 Å². The van der Waals surface area contributed by atoms with E-state index in [1.54, 1.807) is 6.07 Å². The van der Waals surface area contributed by atoms with E-state index >= 15 is 0 Å². The van der Waals surface area contributed by atoms with Gasteiger partial charge in [-0.1, -0.05) is 39.8 Å². The summed E-state index contributed by atoms with van der Waals surface area (Å²) in [4.78, 5) is 2.44. The van der Waals surface area contributed by atoms with Crippen molar-refractivity contribution in [1.29, 1.82) is 0 Å². The molecule has 0 aliphatic rings. The van der Waals surface area contributed by atoms with Crippen molar-refractivity contribution in [3.63, 3.8) is 0 Å². The molecule has 0 amide bonds. The lowest BCUT2D eigenvalue weighted by atomic mass is 10.0. The highest BCUT2D eigenvalue weighted by molar-refractivity contribution is 5.25. The van der Waals surface area contributed by atoms with Crippen LogP contribution in [0.5, 0.6) is 0 Å². The summed E-state index contributed by atoms with van der Waals surface area (Å²) < 4.78 is 14.1. The second kappa shape index (κ2) is 9.16. The number of hydrogen-bond acceptors (Lipinski definition) is 2. The van der Waals surface area contributed by atoms with Gasteiger partial charge in [-0.2, -0.15) is 0 Å². The molecule has 0 saturated carbocycles. The number of hydrogen-bond donors (Lipinski definition) is 1. The summed E-state index contributed by atoms with van der Waals surface area (Å²) in [5.41, 5.74) is 1.96. The van der Waals surface area contributed by atoms with Gasteiger partial charge in [-0.05, 0) is 37.4 Å². The highest BCUT2D eigenvalue weighted by Crippen LogP contribution is 2.19. The molecular weight excluding hydrogens is 263 g/mol. The average Bonchev–Trinajstić information content (AvgIpc) is 2.43. The Morgan fingerprint density at radius 1 is 1.19 bits per heavy atom. The molecule has 0 fully saturated rings. The minimum atomic E-state index is -0.0884. The average molecular weight is 294 g/mol. The van der Waals surface area contributed by atoms with Crippen LogP contribution >= 0.6 is 0 Å². The van der Waals surface area contributed by atoms with E-state index < -0.39 is 0 Å². The van der Waals surface area contributed by atoms with E-state index in [0.717, 1.165) is 37.1 Å². The van der Waals surface area contributed by atoms with Crippen molar-refractivity contribution in [3.8, 4) is 0 Å². The first-order valence-corrected chi connectivity index (χ1v) is 8.17. The molecule has 0 saturated heterocycles. The second-order valence-electron chi connectivity index (χ2n) is 6.25. The maximum absolute atomic E-state index is 14.1. The molecule has 0 aliphatic heterocycles. The van der Waals surface area contributed by atoms with Gasteiger partial charge in [0.05, 0.1) is 0 Å². The van der Waals surface area contributed by atoms with Crippen molar-refractivity contribution in [3.05, 3.63) is 35.1 Å². The standard InChI is InChI=1S/C18H31FN2/c1-6-17(7-2)21(12-14(3)4)13-16-10-15(11-20-5)8-9-18(16)19/h8-10,14,17,20H,6-7,11-13H2,1-5H3. The fourth-order valence-corrected chi connectivity index (χ4v) is 2.90. The van der Waals surface area contributed by atoms with Gasteiger partial charge in [0.2, 0.25) is 0 Å². The van der Waals surface area contributed by atoms with E-state index in [1.807, 2.05) is 19.2 Å². The lowest BCUT2D eigenvalue weighted by Gasteiger charge is -2.32. The van der Waals surface area contributed by atoms with Crippen molar-refractivity contribution in [1.82, 2.24) is 10.2 Å². The molecule has 0 unspecified atom stereocenters. The molecule has 120 valence electrons. The van der Waals surface area contributed by atoms with Gasteiger partial charge >= 0.3 is 0 Å². The van der Waals surface area contributed by atoms with Gasteiger partial charge in [0.15, 0.2) is 0 Å². The predicted molar refractivity (Wildman–Crippen MR) is 88.8 cm³/mol. The topological polar surface area (TPSA) is 15.3 Å². The van der Waals surface area contributed by atoms with Crippen LogP contribution in [0.4, 0.5) is 4.39 Å². The lowest BCUT2D eigenvalue weighted by molar-refractivity contribution is 0.155. The third-order valence-corrected chi connectivity index (χ3v) is 3.92. The molecule has 0 aliphatic carbocycles. The zero-order chi connectivity index (χ0) is 15.8. The zero-order valence-corrected chi connectivity index (χ0v) is 14.2. The van der Waals surface area contributed by atoms with Crippen LogP contribution < -0.4 is 5.32 Å². The minimum absolute atomic E-state index is 0.0884. The van der Waals surface area contributed by atoms with Gasteiger partial charge < -0.3 is 5.32 Å². The maximum Gasteiger partial charge on any atom is 0.127 e. The van der Waals surface area contributed by atoms with E-state index in [9.17, 15) is 4.39 Å². The summed E-state index contributed by atoms with van der Waals surface area (Å²) in [5.74, 6) is 0.503. The summed E-state index contributed by atoms with van der Waals surface area (Å²) in [5, 5.41) is 3.13. The molecule has 0 bridgehead atoms. The Labute approximate surface area is 129 Å². The van der Waals surface area contributed by atoms with Crippen LogP contribution in [0.15, 0.2) is 18.2 Å². The van der Waals surface area contributed by atoms with E-state index in [2.05, 4.69) is 37.9 Å². The Bertz CT molecular complexity index is 414. The Kier molecular flexibility index (Phi) is 7.91. The summed E-state index contributed by atoms with van der Waals surface area (Å²) in [7, 11) is 1.91. The van der Waals surface area contributed by atoms with Gasteiger partial charge in [0.1, 0.15) is 5.82 Å². The minimum Gasteiger partial charge on any atom is -0.316 e. The summed E-state index contributed by atoms with van der Waals surface area (Å²) in [6, 6.07) is 5.99. The molecule has 1 rings (SSSR count). The van der Waals surface area contributed by atoms with E-state index in [4.69, 9.17) is 0 Å². The van der Waals surface area contributed by atoms with Crippen molar-refractivity contribution < 1.29 is 4.39 Å². The van der Waals surface area contributed by atoms with Crippen molar-refractivity contribution in [2.45, 2.75) is 59.7 Å². The molecule has 0 heterocycles. The third kappa shape index (κ3) is 5.76. The van der Waals surface area contributed by atoms with Crippen LogP contribution in [0, 0.1) is 11.7 Å². The fourth-order valence-electron chi connectivity index (χ4n) is 2.90. The van der Waals surface area contributed by atoms with Crippen LogP contribution in [0.1, 0.15) is 51.7 Å². The highest BCUT2D eigenvalue weighted by Gasteiger charge is 2.18. The molecule has 1 aromatic rings. The molecule has 1 aromatic carbocycles. The highest BCUT2D eigenvalue weighted by atomic mass is 19.1. The van der Waals surface area contributed by atoms with Crippen molar-refractivity contribution >= 4 is 0 Å². The largest absolute Gasteiger partial charge is 0.316 e. The smallest absolute Gasteiger partial charge is 0.127 e. The Balaban J connectivity index is 2.93. The molecule has 1 N–H and O–H groups in total. The van der Waals surface area contributed by atoms with Crippen LogP contribution in [-0.2, 0) is 13.1 Å². The SMILES string of the molecule is CCC(CC)N(Cc1cc(CNC)ccc1F)CC(C)C. The Hall–Kier alpha value is -0.930. The molecule has 2 nitrogen and oxygen atoms in total. The number of benzene rings is 1. The second-order valence-corrected chi connectivity index (χ2v) is 6.25. The first kappa shape index (κ1) is 18.1. The van der Waals surface area contributed by atoms with Crippen molar-refractivity contribution in [2.75, 3.05) is 13.6 Å². The summed E-state index contributed by atoms with van der Waals surface area (Å²) in [6.07, 6.45) is 2.22. The van der Waals surface area contributed by atoms with E-state index in [-0.39, 0.29) is 5.82 Å².